The molecule has 3 nitrogen and oxygen atoms in total. The first kappa shape index (κ1) is 46.3. The summed E-state index contributed by atoms with van der Waals surface area (Å²) >= 11 is 2.13. The molecule has 0 bridgehead atoms. The fourth-order valence-corrected chi connectivity index (χ4v) is 19.4. The molecule has 54 heavy (non-hydrogen) atoms. The molecule has 6 heteroatoms. The number of hydrogen-bond donors (Lipinski definition) is 1. The van der Waals surface area contributed by atoms with E-state index in [9.17, 15) is 9.90 Å². The third-order valence-electron chi connectivity index (χ3n) is 12.0. The Labute approximate surface area is 347 Å². The Hall–Kier alpha value is -2.11. The van der Waals surface area contributed by atoms with Gasteiger partial charge in [0.05, 0.1) is 5.76 Å². The van der Waals surface area contributed by atoms with Crippen LogP contribution in [-0.4, -0.2) is 23.9 Å². The van der Waals surface area contributed by atoms with Gasteiger partial charge in [-0.2, -0.15) is 11.3 Å². The maximum atomic E-state index is 11.7. The minimum atomic E-state index is -1.74. The van der Waals surface area contributed by atoms with Gasteiger partial charge in [0.2, 0.25) is 0 Å². The topological polar surface area (TPSA) is 50.2 Å². The predicted molar refractivity (Wildman–Crippen MR) is 236 cm³/mol. The van der Waals surface area contributed by atoms with Crippen LogP contribution in [0.1, 0.15) is 144 Å². The van der Waals surface area contributed by atoms with Gasteiger partial charge >= 0.3 is 0 Å². The van der Waals surface area contributed by atoms with Gasteiger partial charge in [-0.3, -0.25) is 9.78 Å². The molecular weight excluding hydrogens is 875 g/mol. The molecule has 2 aromatic heterocycles. The summed E-state index contributed by atoms with van der Waals surface area (Å²) in [6.07, 6.45) is 14.1. The van der Waals surface area contributed by atoms with E-state index in [0.717, 1.165) is 54.3 Å². The molecule has 4 aromatic rings. The molecule has 1 aliphatic carbocycles. The van der Waals surface area contributed by atoms with Crippen LogP contribution in [0.5, 0.6) is 0 Å². The number of aliphatic hydroxyl groups excluding tert-OH is 1. The van der Waals surface area contributed by atoms with Crippen LogP contribution < -0.4 is 4.50 Å². The number of allylic oxidation sites excluding steroid dienone is 2. The van der Waals surface area contributed by atoms with E-state index in [0.29, 0.717) is 5.92 Å². The van der Waals surface area contributed by atoms with Crippen molar-refractivity contribution in [1.29, 1.82) is 0 Å². The van der Waals surface area contributed by atoms with Crippen LogP contribution in [0.3, 0.4) is 0 Å². The Kier molecular flexibility index (Phi) is 18.4. The van der Waals surface area contributed by atoms with Crippen LogP contribution in [0.25, 0.3) is 32.1 Å². The minimum absolute atomic E-state index is 0. The normalized spacial score (nSPS) is 14.4. The average Bonchev–Trinajstić information content (AvgIpc) is 3.48. The number of carbonyl (C=O) groups is 1. The number of benzene rings is 2. The molecule has 0 saturated heterocycles. The monoisotopic (exact) mass is 945 g/mol. The number of nitrogens with zero attached hydrogens (tertiary/aromatic N) is 1. The quantitative estimate of drug-likeness (QED) is 0.0559. The molecule has 2 heterocycles. The second-order valence-corrected chi connectivity index (χ2v) is 22.9. The second-order valence-electron chi connectivity index (χ2n) is 17.1. The Morgan fingerprint density at radius 3 is 2.04 bits per heavy atom. The second kappa shape index (κ2) is 21.4. The van der Waals surface area contributed by atoms with Crippen LogP contribution in [0, 0.1) is 36.7 Å². The van der Waals surface area contributed by atoms with E-state index in [1.807, 2.05) is 33.9 Å². The van der Waals surface area contributed by atoms with E-state index < -0.39 is 8.07 Å². The van der Waals surface area contributed by atoms with Crippen LogP contribution in [0.4, 0.5) is 0 Å². The predicted octanol–water partition coefficient (Wildman–Crippen LogP) is 14.5. The van der Waals surface area contributed by atoms with E-state index in [1.54, 1.807) is 10.1 Å². The molecule has 1 fully saturated rings. The number of aryl methyl sites for hydroxylation is 1. The maximum absolute atomic E-state index is 11.7. The van der Waals surface area contributed by atoms with Crippen molar-refractivity contribution in [3.63, 3.8) is 0 Å². The summed E-state index contributed by atoms with van der Waals surface area (Å²) in [6.45, 7) is 25.0. The summed E-state index contributed by atoms with van der Waals surface area (Å²) in [5, 5.41) is 13.7. The smallest absolute Gasteiger partial charge is 0.162 e. The third kappa shape index (κ3) is 10.8. The first-order chi connectivity index (χ1) is 25.3. The zero-order chi connectivity index (χ0) is 38.9. The molecular formula is C48H70IrNO2SSi-. The molecule has 299 valence electrons. The molecule has 5 rings (SSSR count). The Balaban J connectivity index is 0.000000418. The molecule has 0 aliphatic heterocycles. The van der Waals surface area contributed by atoms with Gasteiger partial charge in [0, 0.05) is 54.6 Å². The summed E-state index contributed by atoms with van der Waals surface area (Å²) in [7, 11) is -1.74. The number of carbonyl (C=O) groups excluding carboxylic acids is 1. The minimum Gasteiger partial charge on any atom is -0.512 e. The van der Waals surface area contributed by atoms with E-state index in [1.165, 1.54) is 76.7 Å². The van der Waals surface area contributed by atoms with Gasteiger partial charge in [-0.1, -0.05) is 130 Å². The molecule has 1 saturated carbocycles. The Morgan fingerprint density at radius 1 is 0.889 bits per heavy atom. The number of rotatable bonds is 15. The summed E-state index contributed by atoms with van der Waals surface area (Å²) in [6, 6.07) is 20.0. The van der Waals surface area contributed by atoms with Crippen LogP contribution in [0.2, 0.25) is 17.6 Å². The van der Waals surface area contributed by atoms with Crippen LogP contribution in [0.15, 0.2) is 54.4 Å². The summed E-state index contributed by atoms with van der Waals surface area (Å²) in [5.74, 6) is 2.49. The first-order valence-corrected chi connectivity index (χ1v) is 24.4. The first-order valence-electron chi connectivity index (χ1n) is 21.1. The van der Waals surface area contributed by atoms with Crippen molar-refractivity contribution in [2.75, 3.05) is 0 Å². The number of thiophene rings is 1. The largest absolute Gasteiger partial charge is 0.512 e. The molecule has 1 radical (unpaired) electrons. The zero-order valence-corrected chi connectivity index (χ0v) is 39.6. The number of pyridine rings is 1. The van der Waals surface area contributed by atoms with Crippen LogP contribution >= 0.6 is 11.3 Å². The van der Waals surface area contributed by atoms with Crippen molar-refractivity contribution in [3.05, 3.63) is 71.6 Å². The summed E-state index contributed by atoms with van der Waals surface area (Å²) in [5.41, 5.74) is 6.17. The molecule has 0 amide bonds. The Morgan fingerprint density at radius 2 is 1.48 bits per heavy atom. The van der Waals surface area contributed by atoms with E-state index in [4.69, 9.17) is 4.98 Å². The van der Waals surface area contributed by atoms with E-state index >= 15 is 0 Å². The molecule has 0 atom stereocenters. The number of hydrogen-bond acceptors (Lipinski definition) is 4. The molecule has 1 aliphatic rings. The van der Waals surface area contributed by atoms with Gasteiger partial charge in [0.25, 0.3) is 0 Å². The molecule has 0 spiro atoms. The van der Waals surface area contributed by atoms with Gasteiger partial charge in [0.15, 0.2) is 5.78 Å². The van der Waals surface area contributed by atoms with Crippen molar-refractivity contribution in [2.24, 2.45) is 23.7 Å². The third-order valence-corrected chi connectivity index (χ3v) is 21.2. The van der Waals surface area contributed by atoms with Crippen molar-refractivity contribution >= 4 is 50.6 Å². The van der Waals surface area contributed by atoms with Gasteiger partial charge < -0.3 is 5.11 Å². The van der Waals surface area contributed by atoms with Crippen molar-refractivity contribution in [2.45, 2.75) is 157 Å². The maximum Gasteiger partial charge on any atom is 0.162 e. The van der Waals surface area contributed by atoms with Gasteiger partial charge in [-0.25, -0.2) is 0 Å². The molecule has 1 N–H and O–H groups in total. The molecule has 0 unspecified atom stereocenters. The van der Waals surface area contributed by atoms with Crippen LogP contribution in [-0.2, 0) is 24.9 Å². The van der Waals surface area contributed by atoms with E-state index in [2.05, 4.69) is 102 Å². The standard InChI is InChI=1S/C35H46NSSi.C13H24O2.Ir/c1-23(2)21-38(22-24(3)4,29-14-9-8-10-15-29)35-26(7)30-17-18-36-33(34(30)37-35)28-19-27-13-11-12-16-31(27)32(20-28)25(5)6;1-5-10(6-2)12(14)9-13(15)11(7-3)8-4;/h11-13,16-18,20,23-25,29H,8-10,14-15,21-22H2,1-7H3;9-11,14H,5-8H2,1-4H3;/q-1;;/b;12-9-;. The van der Waals surface area contributed by atoms with Gasteiger partial charge in [-0.05, 0) is 89.5 Å². The van der Waals surface area contributed by atoms with Gasteiger partial charge in [0.1, 0.15) is 8.07 Å². The summed E-state index contributed by atoms with van der Waals surface area (Å²) < 4.78 is 3.18. The summed E-state index contributed by atoms with van der Waals surface area (Å²) in [4.78, 5) is 16.8. The van der Waals surface area contributed by atoms with E-state index in [-0.39, 0.29) is 43.5 Å². The van der Waals surface area contributed by atoms with Crippen molar-refractivity contribution in [1.82, 2.24) is 4.98 Å². The zero-order valence-electron chi connectivity index (χ0n) is 35.4. The van der Waals surface area contributed by atoms with Gasteiger partial charge in [-0.15, -0.1) is 29.1 Å². The number of ketones is 1. The van der Waals surface area contributed by atoms with Crippen molar-refractivity contribution in [3.8, 4) is 11.3 Å². The number of fused-ring (bicyclic) bond motifs is 2. The fraction of sp³-hybridized carbons (Fsp3) is 0.583. The Bertz CT molecular complexity index is 1800. The number of aromatic nitrogens is 1. The molecule has 2 aromatic carbocycles. The van der Waals surface area contributed by atoms with Crippen molar-refractivity contribution < 1.29 is 30.0 Å². The number of aliphatic hydroxyl groups is 1. The average molecular weight is 945 g/mol. The fourth-order valence-electron chi connectivity index (χ4n) is 9.36. The SMILES string of the molecule is CCC(CC)C(=O)/C=C(\O)C(CC)CC.Cc1c([Si](CC(C)C)(CC(C)C)C2CCCCC2)sc2c(-c3[c-]c4ccccc4c(C(C)C)c3)nccc12.[Ir].